The van der Waals surface area contributed by atoms with Gasteiger partial charge < -0.3 is 9.88 Å². The third-order valence-corrected chi connectivity index (χ3v) is 4.53. The number of carbonyl (C=O) groups is 1. The molecule has 0 saturated heterocycles. The molecular formula is C19H17Cl2N3O. The van der Waals surface area contributed by atoms with Gasteiger partial charge in [0.2, 0.25) is 0 Å². The highest BCUT2D eigenvalue weighted by Gasteiger charge is 2.08. The van der Waals surface area contributed by atoms with Crippen LogP contribution in [0, 0.1) is 0 Å². The second-order valence-corrected chi connectivity index (χ2v) is 6.36. The minimum absolute atomic E-state index is 0.160. The van der Waals surface area contributed by atoms with Crippen LogP contribution in [-0.2, 0) is 6.54 Å². The lowest BCUT2D eigenvalue weighted by Crippen LogP contribution is -2.25. The van der Waals surface area contributed by atoms with Gasteiger partial charge in [0.25, 0.3) is 5.91 Å². The third kappa shape index (κ3) is 4.41. The van der Waals surface area contributed by atoms with Crippen molar-refractivity contribution >= 4 is 29.1 Å². The summed E-state index contributed by atoms with van der Waals surface area (Å²) in [5, 5.41) is 3.70. The average molecular weight is 374 g/mol. The number of imidazole rings is 1. The molecule has 1 aromatic heterocycles. The molecule has 0 aliphatic rings. The van der Waals surface area contributed by atoms with E-state index in [1.807, 2.05) is 36.5 Å². The summed E-state index contributed by atoms with van der Waals surface area (Å²) in [6.07, 6.45) is 4.53. The van der Waals surface area contributed by atoms with E-state index in [1.165, 1.54) is 0 Å². The molecule has 128 valence electrons. The molecule has 0 atom stereocenters. The van der Waals surface area contributed by atoms with E-state index in [0.717, 1.165) is 24.4 Å². The molecule has 6 heteroatoms. The molecule has 0 bridgehead atoms. The Morgan fingerprint density at radius 3 is 2.64 bits per heavy atom. The number of nitrogens with zero attached hydrogens (tertiary/aromatic N) is 2. The van der Waals surface area contributed by atoms with Gasteiger partial charge in [-0.1, -0.05) is 53.5 Å². The summed E-state index contributed by atoms with van der Waals surface area (Å²) < 4.78 is 2.08. The van der Waals surface area contributed by atoms with Crippen LogP contribution in [0.15, 0.2) is 60.9 Å². The third-order valence-electron chi connectivity index (χ3n) is 3.79. The SMILES string of the molecule is O=C(NCCCn1ccnc1-c1ccccc1)c1ccc(Cl)c(Cl)c1. The number of aromatic nitrogens is 2. The highest BCUT2D eigenvalue weighted by molar-refractivity contribution is 6.42. The van der Waals surface area contributed by atoms with Crippen LogP contribution in [0.2, 0.25) is 10.0 Å². The van der Waals surface area contributed by atoms with Crippen molar-refractivity contribution in [2.45, 2.75) is 13.0 Å². The Hall–Kier alpha value is -2.30. The number of nitrogens with one attached hydrogen (secondary N) is 1. The lowest BCUT2D eigenvalue weighted by atomic mass is 10.2. The Balaban J connectivity index is 1.53. The fourth-order valence-electron chi connectivity index (χ4n) is 2.53. The standard InChI is InChI=1S/C19H17Cl2N3O/c20-16-8-7-15(13-17(16)21)19(25)23-9-4-11-24-12-10-22-18(24)14-5-2-1-3-6-14/h1-3,5-8,10,12-13H,4,9,11H2,(H,23,25). The molecule has 0 aliphatic carbocycles. The van der Waals surface area contributed by atoms with E-state index in [-0.39, 0.29) is 5.91 Å². The molecule has 0 spiro atoms. The van der Waals surface area contributed by atoms with Crippen LogP contribution in [0.1, 0.15) is 16.8 Å². The Morgan fingerprint density at radius 1 is 1.08 bits per heavy atom. The van der Waals surface area contributed by atoms with Crippen molar-refractivity contribution in [3.8, 4) is 11.4 Å². The minimum atomic E-state index is -0.160. The van der Waals surface area contributed by atoms with Crippen molar-refractivity contribution in [3.63, 3.8) is 0 Å². The predicted molar refractivity (Wildman–Crippen MR) is 101 cm³/mol. The molecule has 0 unspecified atom stereocenters. The Kier molecular flexibility index (Phi) is 5.74. The number of hydrogen-bond acceptors (Lipinski definition) is 2. The first-order valence-electron chi connectivity index (χ1n) is 7.95. The van der Waals surface area contributed by atoms with E-state index < -0.39 is 0 Å². The fraction of sp³-hybridized carbons (Fsp3) is 0.158. The predicted octanol–water partition coefficient (Wildman–Crippen LogP) is 4.68. The number of carbonyl (C=O) groups excluding carboxylic acids is 1. The molecule has 0 fully saturated rings. The van der Waals surface area contributed by atoms with Crippen molar-refractivity contribution < 1.29 is 4.79 Å². The first-order valence-corrected chi connectivity index (χ1v) is 8.70. The van der Waals surface area contributed by atoms with Gasteiger partial charge in [-0.3, -0.25) is 4.79 Å². The number of amides is 1. The summed E-state index contributed by atoms with van der Waals surface area (Å²) in [6.45, 7) is 1.33. The van der Waals surface area contributed by atoms with Gasteiger partial charge in [-0.2, -0.15) is 0 Å². The Morgan fingerprint density at radius 2 is 1.88 bits per heavy atom. The van der Waals surface area contributed by atoms with Gasteiger partial charge in [-0.25, -0.2) is 4.98 Å². The maximum Gasteiger partial charge on any atom is 0.251 e. The van der Waals surface area contributed by atoms with Gasteiger partial charge in [0.05, 0.1) is 10.0 Å². The van der Waals surface area contributed by atoms with Gasteiger partial charge in [0.1, 0.15) is 5.82 Å². The van der Waals surface area contributed by atoms with Crippen molar-refractivity contribution in [1.29, 1.82) is 0 Å². The molecule has 0 saturated carbocycles. The first-order chi connectivity index (χ1) is 12.1. The van der Waals surface area contributed by atoms with Gasteiger partial charge in [0, 0.05) is 36.6 Å². The zero-order valence-corrected chi connectivity index (χ0v) is 15.0. The van der Waals surface area contributed by atoms with Crippen LogP contribution < -0.4 is 5.32 Å². The molecular weight excluding hydrogens is 357 g/mol. The molecule has 1 heterocycles. The molecule has 25 heavy (non-hydrogen) atoms. The quantitative estimate of drug-likeness (QED) is 0.637. The summed E-state index contributed by atoms with van der Waals surface area (Å²) >= 11 is 11.8. The molecule has 1 amide bonds. The molecule has 4 nitrogen and oxygen atoms in total. The maximum atomic E-state index is 12.1. The fourth-order valence-corrected chi connectivity index (χ4v) is 2.83. The molecule has 3 aromatic rings. The van der Waals surface area contributed by atoms with Crippen molar-refractivity contribution in [1.82, 2.24) is 14.9 Å². The smallest absolute Gasteiger partial charge is 0.251 e. The monoisotopic (exact) mass is 373 g/mol. The summed E-state index contributed by atoms with van der Waals surface area (Å²) in [5.74, 6) is 0.767. The number of halogens is 2. The van der Waals surface area contributed by atoms with Crippen LogP contribution in [0.4, 0.5) is 0 Å². The molecule has 1 N–H and O–H groups in total. The highest BCUT2D eigenvalue weighted by Crippen LogP contribution is 2.22. The number of rotatable bonds is 6. The van der Waals surface area contributed by atoms with Crippen LogP contribution in [0.25, 0.3) is 11.4 Å². The van der Waals surface area contributed by atoms with Gasteiger partial charge >= 0.3 is 0 Å². The lowest BCUT2D eigenvalue weighted by molar-refractivity contribution is 0.0953. The summed E-state index contributed by atoms with van der Waals surface area (Å²) in [6, 6.07) is 14.9. The molecule has 2 aromatic carbocycles. The van der Waals surface area contributed by atoms with E-state index in [2.05, 4.69) is 14.9 Å². The van der Waals surface area contributed by atoms with Gasteiger partial charge in [-0.15, -0.1) is 0 Å². The largest absolute Gasteiger partial charge is 0.352 e. The maximum absolute atomic E-state index is 12.1. The molecule has 3 rings (SSSR count). The summed E-state index contributed by atoms with van der Waals surface area (Å²) in [5.41, 5.74) is 1.58. The van der Waals surface area contributed by atoms with E-state index in [4.69, 9.17) is 23.2 Å². The second kappa shape index (κ2) is 8.19. The normalized spacial score (nSPS) is 10.6. The second-order valence-electron chi connectivity index (χ2n) is 5.55. The van der Waals surface area contributed by atoms with Crippen molar-refractivity contribution in [2.75, 3.05) is 6.54 Å². The summed E-state index contributed by atoms with van der Waals surface area (Å²) in [4.78, 5) is 16.5. The van der Waals surface area contributed by atoms with Gasteiger partial charge in [-0.05, 0) is 24.6 Å². The van der Waals surface area contributed by atoms with Crippen LogP contribution in [0.5, 0.6) is 0 Å². The lowest BCUT2D eigenvalue weighted by Gasteiger charge is -2.09. The minimum Gasteiger partial charge on any atom is -0.352 e. The number of aryl methyl sites for hydroxylation is 1. The zero-order chi connectivity index (χ0) is 17.6. The van der Waals surface area contributed by atoms with E-state index >= 15 is 0 Å². The van der Waals surface area contributed by atoms with Crippen LogP contribution in [0.3, 0.4) is 0 Å². The topological polar surface area (TPSA) is 46.9 Å². The Labute approximate surface area is 156 Å². The van der Waals surface area contributed by atoms with Gasteiger partial charge in [0.15, 0.2) is 0 Å². The van der Waals surface area contributed by atoms with Crippen molar-refractivity contribution in [3.05, 3.63) is 76.5 Å². The Bertz CT molecular complexity index is 862. The molecule has 0 radical (unpaired) electrons. The van der Waals surface area contributed by atoms with Crippen LogP contribution in [-0.4, -0.2) is 22.0 Å². The highest BCUT2D eigenvalue weighted by atomic mass is 35.5. The number of hydrogen-bond donors (Lipinski definition) is 1. The summed E-state index contributed by atoms with van der Waals surface area (Å²) in [7, 11) is 0. The van der Waals surface area contributed by atoms with Crippen LogP contribution >= 0.6 is 23.2 Å². The number of benzene rings is 2. The average Bonchev–Trinajstić information content (AvgIpc) is 3.10. The van der Waals surface area contributed by atoms with Crippen molar-refractivity contribution in [2.24, 2.45) is 0 Å². The zero-order valence-electron chi connectivity index (χ0n) is 13.5. The van der Waals surface area contributed by atoms with E-state index in [0.29, 0.717) is 22.2 Å². The van der Waals surface area contributed by atoms with E-state index in [9.17, 15) is 4.79 Å². The molecule has 0 aliphatic heterocycles. The van der Waals surface area contributed by atoms with E-state index in [1.54, 1.807) is 24.4 Å². The first kappa shape index (κ1) is 17.5.